The lowest BCUT2D eigenvalue weighted by atomic mass is 10.1. The van der Waals surface area contributed by atoms with Crippen LogP contribution in [0.25, 0.3) is 0 Å². The summed E-state index contributed by atoms with van der Waals surface area (Å²) in [4.78, 5) is 11.9. The summed E-state index contributed by atoms with van der Waals surface area (Å²) in [5, 5.41) is 10.9. The van der Waals surface area contributed by atoms with E-state index in [1.165, 1.54) is 12.1 Å². The highest BCUT2D eigenvalue weighted by atomic mass is 19.1. The first-order valence-corrected chi connectivity index (χ1v) is 6.06. The highest BCUT2D eigenvalue weighted by Crippen LogP contribution is 2.16. The summed E-state index contributed by atoms with van der Waals surface area (Å²) in [7, 11) is 0. The van der Waals surface area contributed by atoms with Crippen LogP contribution < -0.4 is 5.32 Å². The zero-order valence-corrected chi connectivity index (χ0v) is 10.9. The van der Waals surface area contributed by atoms with E-state index >= 15 is 0 Å². The fourth-order valence-corrected chi connectivity index (χ4v) is 1.63. The number of rotatable bonds is 2. The molecule has 0 aromatic heterocycles. The van der Waals surface area contributed by atoms with E-state index in [0.29, 0.717) is 17.2 Å². The van der Waals surface area contributed by atoms with Crippen LogP contribution in [-0.4, -0.2) is 17.6 Å². The van der Waals surface area contributed by atoms with Gasteiger partial charge >= 0.3 is 0 Å². The molecular formula is C16H11F2NO2. The van der Waals surface area contributed by atoms with Gasteiger partial charge in [0.2, 0.25) is 0 Å². The van der Waals surface area contributed by atoms with Crippen LogP contribution in [0.4, 0.5) is 14.5 Å². The third-order valence-electron chi connectivity index (χ3n) is 2.64. The molecule has 0 saturated carbocycles. The Morgan fingerprint density at radius 1 is 1.14 bits per heavy atom. The van der Waals surface area contributed by atoms with E-state index in [4.69, 9.17) is 5.11 Å². The number of anilines is 1. The first-order chi connectivity index (χ1) is 10.1. The molecule has 5 heteroatoms. The van der Waals surface area contributed by atoms with E-state index in [1.807, 2.05) is 0 Å². The number of hydrogen-bond acceptors (Lipinski definition) is 2. The Bertz CT molecular complexity index is 715. The van der Waals surface area contributed by atoms with Crippen molar-refractivity contribution < 1.29 is 18.7 Å². The van der Waals surface area contributed by atoms with Gasteiger partial charge in [-0.05, 0) is 36.4 Å². The van der Waals surface area contributed by atoms with Gasteiger partial charge < -0.3 is 10.4 Å². The van der Waals surface area contributed by atoms with Crippen molar-refractivity contribution in [3.05, 3.63) is 65.2 Å². The molecular weight excluding hydrogens is 276 g/mol. The Labute approximate surface area is 120 Å². The monoisotopic (exact) mass is 287 g/mol. The maximum Gasteiger partial charge on any atom is 0.255 e. The molecule has 0 aliphatic rings. The van der Waals surface area contributed by atoms with Crippen LogP contribution in [0.5, 0.6) is 0 Å². The smallest absolute Gasteiger partial charge is 0.255 e. The first-order valence-electron chi connectivity index (χ1n) is 6.06. The Hall–Kier alpha value is -2.71. The van der Waals surface area contributed by atoms with Gasteiger partial charge in [0, 0.05) is 17.2 Å². The van der Waals surface area contributed by atoms with Crippen LogP contribution in [0.1, 0.15) is 15.9 Å². The lowest BCUT2D eigenvalue weighted by molar-refractivity contribution is 0.102. The number of amides is 1. The molecule has 2 aromatic rings. The van der Waals surface area contributed by atoms with E-state index in [9.17, 15) is 13.6 Å². The number of carbonyl (C=O) groups excluding carboxylic acids is 1. The second-order valence-electron chi connectivity index (χ2n) is 4.12. The topological polar surface area (TPSA) is 49.3 Å². The molecule has 2 aromatic carbocycles. The van der Waals surface area contributed by atoms with Crippen molar-refractivity contribution in [2.75, 3.05) is 11.9 Å². The van der Waals surface area contributed by atoms with Crippen molar-refractivity contribution in [2.45, 2.75) is 0 Å². The quantitative estimate of drug-likeness (QED) is 0.834. The Kier molecular flexibility index (Phi) is 4.64. The largest absolute Gasteiger partial charge is 0.384 e. The van der Waals surface area contributed by atoms with Gasteiger partial charge in [0.1, 0.15) is 18.2 Å². The third kappa shape index (κ3) is 3.88. The average Bonchev–Trinajstić information content (AvgIpc) is 2.48. The molecule has 3 nitrogen and oxygen atoms in total. The van der Waals surface area contributed by atoms with E-state index < -0.39 is 17.5 Å². The number of benzene rings is 2. The Morgan fingerprint density at radius 2 is 1.86 bits per heavy atom. The first kappa shape index (κ1) is 14.7. The molecule has 0 fully saturated rings. The molecule has 0 saturated heterocycles. The molecule has 2 rings (SSSR count). The lowest BCUT2D eigenvalue weighted by Gasteiger charge is -2.06. The van der Waals surface area contributed by atoms with Crippen molar-refractivity contribution in [3.63, 3.8) is 0 Å². The summed E-state index contributed by atoms with van der Waals surface area (Å²) in [6, 6.07) is 9.19. The zero-order valence-electron chi connectivity index (χ0n) is 10.9. The van der Waals surface area contributed by atoms with Crippen molar-refractivity contribution in [1.82, 2.24) is 0 Å². The normalized spacial score (nSPS) is 9.67. The lowest BCUT2D eigenvalue weighted by Crippen LogP contribution is -2.13. The SMILES string of the molecule is O=C(Nc1ccc(F)cc1F)c1ccc(C#CCO)cc1. The molecule has 2 N–H and O–H groups in total. The van der Waals surface area contributed by atoms with Crippen LogP contribution in [0.3, 0.4) is 0 Å². The van der Waals surface area contributed by atoms with Gasteiger partial charge in [-0.2, -0.15) is 0 Å². The fraction of sp³-hybridized carbons (Fsp3) is 0.0625. The van der Waals surface area contributed by atoms with Crippen molar-refractivity contribution in [2.24, 2.45) is 0 Å². The second-order valence-corrected chi connectivity index (χ2v) is 4.12. The molecule has 0 radical (unpaired) electrons. The Balaban J connectivity index is 2.13. The van der Waals surface area contributed by atoms with Crippen LogP contribution in [-0.2, 0) is 0 Å². The van der Waals surface area contributed by atoms with Gasteiger partial charge in [-0.3, -0.25) is 4.79 Å². The van der Waals surface area contributed by atoms with Crippen LogP contribution in [0, 0.1) is 23.5 Å². The maximum absolute atomic E-state index is 13.4. The number of aliphatic hydroxyl groups excluding tert-OH is 1. The van der Waals surface area contributed by atoms with Gasteiger partial charge in [-0.1, -0.05) is 11.8 Å². The molecule has 0 aliphatic carbocycles. The number of nitrogens with one attached hydrogen (secondary N) is 1. The summed E-state index contributed by atoms with van der Waals surface area (Å²) in [5.41, 5.74) is 0.868. The summed E-state index contributed by atoms with van der Waals surface area (Å²) in [6.07, 6.45) is 0. The minimum absolute atomic E-state index is 0.0921. The van der Waals surface area contributed by atoms with E-state index in [-0.39, 0.29) is 12.3 Å². The summed E-state index contributed by atoms with van der Waals surface area (Å²) < 4.78 is 26.2. The molecule has 21 heavy (non-hydrogen) atoms. The summed E-state index contributed by atoms with van der Waals surface area (Å²) >= 11 is 0. The van der Waals surface area contributed by atoms with Crippen LogP contribution in [0.2, 0.25) is 0 Å². The van der Waals surface area contributed by atoms with E-state index in [0.717, 1.165) is 12.1 Å². The minimum atomic E-state index is -0.839. The van der Waals surface area contributed by atoms with E-state index in [2.05, 4.69) is 17.2 Å². The molecule has 106 valence electrons. The summed E-state index contributed by atoms with van der Waals surface area (Å²) in [6.45, 7) is -0.244. The number of aliphatic hydroxyl groups is 1. The Morgan fingerprint density at radius 3 is 2.48 bits per heavy atom. The molecule has 0 bridgehead atoms. The maximum atomic E-state index is 13.4. The standard InChI is InChI=1S/C16H11F2NO2/c17-13-7-8-15(14(18)10-13)19-16(21)12-5-3-11(4-6-12)2-1-9-20/h3-8,10,20H,9H2,(H,19,21). The molecule has 0 heterocycles. The van der Waals surface area contributed by atoms with Crippen molar-refractivity contribution in [3.8, 4) is 11.8 Å². The van der Waals surface area contributed by atoms with Gasteiger partial charge in [0.15, 0.2) is 0 Å². The van der Waals surface area contributed by atoms with Gasteiger partial charge in [-0.25, -0.2) is 8.78 Å². The van der Waals surface area contributed by atoms with Gasteiger partial charge in [-0.15, -0.1) is 0 Å². The summed E-state index contributed by atoms with van der Waals surface area (Å²) in [5.74, 6) is 3.12. The van der Waals surface area contributed by atoms with Crippen molar-refractivity contribution in [1.29, 1.82) is 0 Å². The van der Waals surface area contributed by atoms with Crippen LogP contribution >= 0.6 is 0 Å². The molecule has 0 aliphatic heterocycles. The van der Waals surface area contributed by atoms with E-state index in [1.54, 1.807) is 12.1 Å². The third-order valence-corrected chi connectivity index (χ3v) is 2.64. The fourth-order valence-electron chi connectivity index (χ4n) is 1.63. The highest BCUT2D eigenvalue weighted by Gasteiger charge is 2.09. The number of carbonyl (C=O) groups is 1. The zero-order chi connectivity index (χ0) is 15.2. The molecule has 0 atom stereocenters. The highest BCUT2D eigenvalue weighted by molar-refractivity contribution is 6.04. The van der Waals surface area contributed by atoms with Crippen molar-refractivity contribution >= 4 is 11.6 Å². The minimum Gasteiger partial charge on any atom is -0.384 e. The second kappa shape index (κ2) is 6.64. The van der Waals surface area contributed by atoms with Crippen LogP contribution in [0.15, 0.2) is 42.5 Å². The molecule has 1 amide bonds. The predicted octanol–water partition coefficient (Wildman–Crippen LogP) is 2.56. The predicted molar refractivity (Wildman–Crippen MR) is 74.7 cm³/mol. The molecule has 0 unspecified atom stereocenters. The van der Waals surface area contributed by atoms with Gasteiger partial charge in [0.25, 0.3) is 5.91 Å². The van der Waals surface area contributed by atoms with Gasteiger partial charge in [0.05, 0.1) is 5.69 Å². The number of halogens is 2. The molecule has 0 spiro atoms. The average molecular weight is 287 g/mol. The number of hydrogen-bond donors (Lipinski definition) is 2.